The SMILES string of the molecule is c1ccc(-c2nc(-c3cccc(-c4cccc5c6c(ccc45)-c4ccccc4C6(c4ccccc4)c4ccccc4)c3)nc(-c3cccc4c3sc3ccccc34)n2)cc1. The standard InChI is InChI=1S/C56H35N3S/c1-4-17-36(18-5-1)53-57-54(59-55(58-53)48-30-16-29-47-44-26-11-13-32-50(44)60-52(47)48)38-20-14-19-37(35-38)41-27-15-28-45-42(41)33-34-46-43-25-10-12-31-49(43)56(51(45)46,39-21-6-2-7-22-39)40-23-8-3-9-24-40/h1-35H. The number of fused-ring (bicyclic) bond motifs is 8. The lowest BCUT2D eigenvalue weighted by molar-refractivity contribution is 0.775. The molecule has 0 saturated heterocycles. The van der Waals surface area contributed by atoms with Crippen LogP contribution in [0, 0.1) is 0 Å². The molecule has 60 heavy (non-hydrogen) atoms. The summed E-state index contributed by atoms with van der Waals surface area (Å²) in [6, 6.07) is 76.4. The Morgan fingerprint density at radius 2 is 0.883 bits per heavy atom. The molecule has 11 aromatic rings. The van der Waals surface area contributed by atoms with Crippen molar-refractivity contribution in [3.63, 3.8) is 0 Å². The second kappa shape index (κ2) is 13.8. The number of rotatable bonds is 6. The fourth-order valence-corrected chi connectivity index (χ4v) is 10.9. The van der Waals surface area contributed by atoms with Gasteiger partial charge in [-0.15, -0.1) is 11.3 Å². The lowest BCUT2D eigenvalue weighted by Crippen LogP contribution is -2.28. The third-order valence-electron chi connectivity index (χ3n) is 12.2. The lowest BCUT2D eigenvalue weighted by atomic mass is 9.66. The highest BCUT2D eigenvalue weighted by molar-refractivity contribution is 7.26. The van der Waals surface area contributed by atoms with E-state index in [1.54, 1.807) is 11.3 Å². The Morgan fingerprint density at radius 1 is 0.333 bits per heavy atom. The van der Waals surface area contributed by atoms with E-state index in [1.807, 2.05) is 18.2 Å². The van der Waals surface area contributed by atoms with Gasteiger partial charge in [-0.2, -0.15) is 0 Å². The summed E-state index contributed by atoms with van der Waals surface area (Å²) in [5, 5.41) is 4.91. The molecule has 280 valence electrons. The van der Waals surface area contributed by atoms with E-state index in [4.69, 9.17) is 15.0 Å². The Morgan fingerprint density at radius 3 is 1.67 bits per heavy atom. The van der Waals surface area contributed by atoms with Crippen molar-refractivity contribution in [1.29, 1.82) is 0 Å². The summed E-state index contributed by atoms with van der Waals surface area (Å²) >= 11 is 1.79. The molecule has 0 atom stereocenters. The fraction of sp³-hybridized carbons (Fsp3) is 0.0179. The van der Waals surface area contributed by atoms with Crippen LogP contribution in [-0.4, -0.2) is 15.0 Å². The average molecular weight is 782 g/mol. The zero-order valence-electron chi connectivity index (χ0n) is 32.5. The highest BCUT2D eigenvalue weighted by Gasteiger charge is 2.47. The summed E-state index contributed by atoms with van der Waals surface area (Å²) in [6.45, 7) is 0. The van der Waals surface area contributed by atoms with Crippen LogP contribution in [0.2, 0.25) is 0 Å². The van der Waals surface area contributed by atoms with Crippen LogP contribution in [0.15, 0.2) is 212 Å². The third kappa shape index (κ3) is 5.24. The van der Waals surface area contributed by atoms with Crippen molar-refractivity contribution in [3.8, 4) is 56.4 Å². The van der Waals surface area contributed by atoms with Gasteiger partial charge in [0.15, 0.2) is 17.5 Å². The van der Waals surface area contributed by atoms with Gasteiger partial charge in [0.05, 0.1) is 5.41 Å². The number of nitrogens with zero attached hydrogens (tertiary/aromatic N) is 3. The summed E-state index contributed by atoms with van der Waals surface area (Å²) in [4.78, 5) is 15.6. The van der Waals surface area contributed by atoms with Gasteiger partial charge >= 0.3 is 0 Å². The van der Waals surface area contributed by atoms with E-state index in [1.165, 1.54) is 64.3 Å². The number of thiophene rings is 1. The molecular formula is C56H35N3S. The lowest BCUT2D eigenvalue weighted by Gasteiger charge is -2.34. The number of benzene rings is 9. The molecule has 0 amide bonds. The second-order valence-electron chi connectivity index (χ2n) is 15.4. The van der Waals surface area contributed by atoms with Gasteiger partial charge in [-0.1, -0.05) is 194 Å². The molecular weight excluding hydrogens is 747 g/mol. The first-order valence-corrected chi connectivity index (χ1v) is 21.2. The second-order valence-corrected chi connectivity index (χ2v) is 16.5. The van der Waals surface area contributed by atoms with Crippen LogP contribution in [0.25, 0.3) is 87.4 Å². The van der Waals surface area contributed by atoms with E-state index in [0.29, 0.717) is 17.5 Å². The maximum atomic E-state index is 5.26. The highest BCUT2D eigenvalue weighted by Crippen LogP contribution is 2.58. The largest absolute Gasteiger partial charge is 0.208 e. The van der Waals surface area contributed by atoms with Crippen molar-refractivity contribution >= 4 is 42.3 Å². The van der Waals surface area contributed by atoms with Gasteiger partial charge < -0.3 is 0 Å². The zero-order chi connectivity index (χ0) is 39.6. The number of aromatic nitrogens is 3. The van der Waals surface area contributed by atoms with Gasteiger partial charge in [0.1, 0.15) is 0 Å². The van der Waals surface area contributed by atoms with E-state index < -0.39 is 5.41 Å². The highest BCUT2D eigenvalue weighted by atomic mass is 32.1. The molecule has 1 aliphatic rings. The predicted molar refractivity (Wildman–Crippen MR) is 249 cm³/mol. The van der Waals surface area contributed by atoms with E-state index in [0.717, 1.165) is 27.8 Å². The summed E-state index contributed by atoms with van der Waals surface area (Å²) in [5.41, 5.74) is 12.4. The fourth-order valence-electron chi connectivity index (χ4n) is 9.65. The molecule has 2 heterocycles. The van der Waals surface area contributed by atoms with Crippen molar-refractivity contribution in [2.24, 2.45) is 0 Å². The minimum atomic E-state index is -0.499. The summed E-state index contributed by atoms with van der Waals surface area (Å²) < 4.78 is 2.43. The molecule has 12 rings (SSSR count). The normalized spacial score (nSPS) is 12.8. The molecule has 2 aromatic heterocycles. The maximum absolute atomic E-state index is 5.26. The van der Waals surface area contributed by atoms with Crippen LogP contribution in [0.5, 0.6) is 0 Å². The minimum absolute atomic E-state index is 0.499. The third-order valence-corrected chi connectivity index (χ3v) is 13.4. The van der Waals surface area contributed by atoms with Crippen LogP contribution < -0.4 is 0 Å². The molecule has 1 aliphatic carbocycles. The molecule has 0 bridgehead atoms. The first-order valence-electron chi connectivity index (χ1n) is 20.4. The van der Waals surface area contributed by atoms with E-state index in [2.05, 4.69) is 194 Å². The van der Waals surface area contributed by atoms with Crippen molar-refractivity contribution in [2.75, 3.05) is 0 Å². The quantitative estimate of drug-likeness (QED) is 0.169. The number of hydrogen-bond acceptors (Lipinski definition) is 4. The van der Waals surface area contributed by atoms with Gasteiger partial charge in [-0.3, -0.25) is 0 Å². The Bertz CT molecular complexity index is 3390. The van der Waals surface area contributed by atoms with Crippen molar-refractivity contribution < 1.29 is 0 Å². The van der Waals surface area contributed by atoms with Gasteiger partial charge in [0.25, 0.3) is 0 Å². The van der Waals surface area contributed by atoms with Crippen molar-refractivity contribution in [3.05, 3.63) is 235 Å². The summed E-state index contributed by atoms with van der Waals surface area (Å²) in [7, 11) is 0. The molecule has 4 heteroatoms. The molecule has 0 spiro atoms. The van der Waals surface area contributed by atoms with Crippen LogP contribution in [0.3, 0.4) is 0 Å². The Labute approximate surface area is 352 Å². The van der Waals surface area contributed by atoms with Gasteiger partial charge in [0.2, 0.25) is 0 Å². The minimum Gasteiger partial charge on any atom is -0.208 e. The smallest absolute Gasteiger partial charge is 0.165 e. The molecule has 0 N–H and O–H groups in total. The van der Waals surface area contributed by atoms with Crippen LogP contribution >= 0.6 is 11.3 Å². The molecule has 9 aromatic carbocycles. The van der Waals surface area contributed by atoms with Gasteiger partial charge in [-0.05, 0) is 73.5 Å². The van der Waals surface area contributed by atoms with Crippen LogP contribution in [-0.2, 0) is 5.41 Å². The van der Waals surface area contributed by atoms with E-state index in [-0.39, 0.29) is 0 Å². The molecule has 3 nitrogen and oxygen atoms in total. The molecule has 0 fully saturated rings. The van der Waals surface area contributed by atoms with Crippen LogP contribution in [0.4, 0.5) is 0 Å². The van der Waals surface area contributed by atoms with Crippen molar-refractivity contribution in [1.82, 2.24) is 15.0 Å². The molecule has 0 saturated carbocycles. The van der Waals surface area contributed by atoms with E-state index in [9.17, 15) is 0 Å². The monoisotopic (exact) mass is 781 g/mol. The molecule has 0 unspecified atom stereocenters. The first-order chi connectivity index (χ1) is 29.8. The topological polar surface area (TPSA) is 38.7 Å². The van der Waals surface area contributed by atoms with Crippen molar-refractivity contribution in [2.45, 2.75) is 5.41 Å². The average Bonchev–Trinajstić information content (AvgIpc) is 3.87. The zero-order valence-corrected chi connectivity index (χ0v) is 33.3. The maximum Gasteiger partial charge on any atom is 0.165 e. The van der Waals surface area contributed by atoms with E-state index >= 15 is 0 Å². The van der Waals surface area contributed by atoms with Crippen LogP contribution in [0.1, 0.15) is 22.3 Å². The van der Waals surface area contributed by atoms with Gasteiger partial charge in [-0.25, -0.2) is 15.0 Å². The molecule has 0 radical (unpaired) electrons. The number of hydrogen-bond donors (Lipinski definition) is 0. The predicted octanol–water partition coefficient (Wildman–Crippen LogP) is 14.4. The van der Waals surface area contributed by atoms with Gasteiger partial charge in [0, 0.05) is 36.9 Å². The summed E-state index contributed by atoms with van der Waals surface area (Å²) in [6.07, 6.45) is 0. The Kier molecular flexibility index (Phi) is 7.94. The Balaban J connectivity index is 1.06. The first kappa shape index (κ1) is 34.5. The summed E-state index contributed by atoms with van der Waals surface area (Å²) in [5.74, 6) is 1.96. The Hall–Kier alpha value is -7.53. The molecule has 0 aliphatic heterocycles.